The van der Waals surface area contributed by atoms with E-state index in [-0.39, 0.29) is 0 Å². The van der Waals surface area contributed by atoms with Gasteiger partial charge in [-0.15, -0.1) is 0 Å². The summed E-state index contributed by atoms with van der Waals surface area (Å²) in [4.78, 5) is 27.5. The Labute approximate surface area is 224 Å². The molecule has 1 aliphatic rings. The number of carbonyl (C=O) groups excluding carboxylic acids is 2. The highest BCUT2D eigenvalue weighted by molar-refractivity contribution is 6.09. The lowest BCUT2D eigenvalue weighted by molar-refractivity contribution is -0.107. The predicted octanol–water partition coefficient (Wildman–Crippen LogP) is 4.81. The number of aromatic nitrogens is 1. The number of carbonyl (C=O) groups is 2. The van der Waals surface area contributed by atoms with Gasteiger partial charge in [-0.25, -0.2) is 0 Å². The van der Waals surface area contributed by atoms with Gasteiger partial charge in [-0.2, -0.15) is 0 Å². The lowest BCUT2D eigenvalue weighted by atomic mass is 9.86. The zero-order valence-electron chi connectivity index (χ0n) is 23.0. The third-order valence-electron chi connectivity index (χ3n) is 5.76. The van der Waals surface area contributed by atoms with Crippen molar-refractivity contribution in [2.24, 2.45) is 5.73 Å². The lowest BCUT2D eigenvalue weighted by Gasteiger charge is -2.21. The van der Waals surface area contributed by atoms with E-state index >= 15 is 0 Å². The van der Waals surface area contributed by atoms with Crippen LogP contribution in [0.1, 0.15) is 47.8 Å². The monoisotopic (exact) mass is 518 g/mol. The lowest BCUT2D eigenvalue weighted by Crippen LogP contribution is -2.10. The average molecular weight is 519 g/mol. The highest BCUT2D eigenvalue weighted by Crippen LogP contribution is 2.42. The van der Waals surface area contributed by atoms with Crippen LogP contribution in [0.15, 0.2) is 48.7 Å². The molecule has 0 fully saturated rings. The molecule has 0 spiro atoms. The van der Waals surface area contributed by atoms with Crippen LogP contribution in [0.3, 0.4) is 0 Å². The molecule has 1 aliphatic heterocycles. The second-order valence-corrected chi connectivity index (χ2v) is 9.59. The van der Waals surface area contributed by atoms with Crippen molar-refractivity contribution in [3.8, 4) is 16.9 Å². The summed E-state index contributed by atoms with van der Waals surface area (Å²) in [7, 11) is 2.50. The van der Waals surface area contributed by atoms with E-state index in [1.807, 2.05) is 49.5 Å². The summed E-state index contributed by atoms with van der Waals surface area (Å²) in [5, 5.41) is 18.6. The van der Waals surface area contributed by atoms with Gasteiger partial charge in [0.2, 0.25) is 0 Å². The minimum atomic E-state index is -0.500. The van der Waals surface area contributed by atoms with E-state index in [0.717, 1.165) is 75.8 Å². The molecule has 0 radical (unpaired) electrons. The van der Waals surface area contributed by atoms with Gasteiger partial charge in [-0.1, -0.05) is 18.2 Å². The second-order valence-electron chi connectivity index (χ2n) is 9.59. The number of hydrogen-bond acceptors (Lipinski definition) is 7. The topological polar surface area (TPSA) is 123 Å². The number of aliphatic hydroxyl groups is 2. The average Bonchev–Trinajstić information content (AvgIpc) is 2.91. The first-order chi connectivity index (χ1) is 18.2. The molecule has 4 aromatic rings. The van der Waals surface area contributed by atoms with Gasteiger partial charge in [-0.05, 0) is 92.0 Å². The Morgan fingerprint density at radius 3 is 2.37 bits per heavy atom. The first-order valence-corrected chi connectivity index (χ1v) is 12.4. The van der Waals surface area contributed by atoms with E-state index in [2.05, 4.69) is 11.8 Å². The Morgan fingerprint density at radius 2 is 1.74 bits per heavy atom. The van der Waals surface area contributed by atoms with Crippen molar-refractivity contribution in [1.29, 1.82) is 0 Å². The maximum atomic E-state index is 11.5. The summed E-state index contributed by atoms with van der Waals surface area (Å²) in [5.41, 5.74) is 10.8. The molecular formula is C31H38N2O5. The van der Waals surface area contributed by atoms with Gasteiger partial charge in [0.1, 0.15) is 18.3 Å². The third kappa shape index (κ3) is 7.01. The molecule has 1 aromatic heterocycles. The molecule has 0 atom stereocenters. The van der Waals surface area contributed by atoms with Crippen molar-refractivity contribution < 1.29 is 24.5 Å². The number of aryl methyl sites for hydroxylation is 1. The molecule has 3 aromatic carbocycles. The molecule has 0 saturated heterocycles. The molecule has 202 valence electrons. The Kier molecular flexibility index (Phi) is 11.1. The molecule has 7 heteroatoms. The Bertz CT molecular complexity index is 1390. The maximum Gasteiger partial charge on any atom is 0.150 e. The smallest absolute Gasteiger partial charge is 0.150 e. The van der Waals surface area contributed by atoms with Gasteiger partial charge < -0.3 is 25.5 Å². The van der Waals surface area contributed by atoms with Gasteiger partial charge in [0.15, 0.2) is 0 Å². The van der Waals surface area contributed by atoms with E-state index in [1.54, 1.807) is 20.8 Å². The molecule has 0 saturated carbocycles. The fourth-order valence-corrected chi connectivity index (χ4v) is 4.44. The van der Waals surface area contributed by atoms with Crippen molar-refractivity contribution in [2.75, 3.05) is 20.8 Å². The molecule has 0 bridgehead atoms. The van der Waals surface area contributed by atoms with Crippen LogP contribution < -0.4 is 10.5 Å². The number of fused-ring (bicyclic) bond motifs is 1. The summed E-state index contributed by atoms with van der Waals surface area (Å²) in [6, 6.07) is 13.8. The van der Waals surface area contributed by atoms with E-state index < -0.39 is 5.60 Å². The Morgan fingerprint density at radius 1 is 1.05 bits per heavy atom. The third-order valence-corrected chi connectivity index (χ3v) is 5.76. The van der Waals surface area contributed by atoms with Crippen LogP contribution in [0.4, 0.5) is 0 Å². The normalized spacial score (nSPS) is 11.6. The highest BCUT2D eigenvalue weighted by Gasteiger charge is 2.21. The molecule has 7 nitrogen and oxygen atoms in total. The van der Waals surface area contributed by atoms with Crippen LogP contribution in [-0.4, -0.2) is 54.1 Å². The number of nitrogens with two attached hydrogens (primary N) is 1. The number of ether oxygens (including phenoxy) is 1. The summed E-state index contributed by atoms with van der Waals surface area (Å²) < 4.78 is 5.87. The van der Waals surface area contributed by atoms with Crippen LogP contribution in [0.2, 0.25) is 0 Å². The SMILES string of the molecule is CC(C)(C)O.CN.CO.Cc1cc2cc(C=O)ccc2c(-c2ccc3c4c(ccnc24)CCO3)c1CC=O. The van der Waals surface area contributed by atoms with Crippen molar-refractivity contribution in [3.63, 3.8) is 0 Å². The summed E-state index contributed by atoms with van der Waals surface area (Å²) in [6.07, 6.45) is 4.83. The van der Waals surface area contributed by atoms with Gasteiger partial charge in [0.05, 0.1) is 17.7 Å². The first-order valence-electron chi connectivity index (χ1n) is 12.4. The van der Waals surface area contributed by atoms with Gasteiger partial charge >= 0.3 is 0 Å². The second kappa shape index (κ2) is 13.8. The molecule has 5 rings (SSSR count). The zero-order chi connectivity index (χ0) is 28.5. The molecule has 0 amide bonds. The summed E-state index contributed by atoms with van der Waals surface area (Å²) in [6.45, 7) is 7.91. The molecule has 0 aliphatic carbocycles. The van der Waals surface area contributed by atoms with Crippen LogP contribution in [0, 0.1) is 6.92 Å². The van der Waals surface area contributed by atoms with Gasteiger partial charge in [-0.3, -0.25) is 9.78 Å². The number of hydrogen-bond donors (Lipinski definition) is 3. The first kappa shape index (κ1) is 30.6. The van der Waals surface area contributed by atoms with Crippen molar-refractivity contribution in [1.82, 2.24) is 4.98 Å². The van der Waals surface area contributed by atoms with Crippen LogP contribution in [0.5, 0.6) is 5.75 Å². The number of benzene rings is 3. The minimum Gasteiger partial charge on any atom is -0.493 e. The van der Waals surface area contributed by atoms with Crippen LogP contribution in [0.25, 0.3) is 32.8 Å². The maximum absolute atomic E-state index is 11.5. The van der Waals surface area contributed by atoms with E-state index in [4.69, 9.17) is 19.9 Å². The number of pyridine rings is 1. The molecule has 4 N–H and O–H groups in total. The number of nitrogens with zero attached hydrogens (tertiary/aromatic N) is 1. The fraction of sp³-hybridized carbons (Fsp3) is 0.323. The van der Waals surface area contributed by atoms with Crippen molar-refractivity contribution >= 4 is 34.2 Å². The van der Waals surface area contributed by atoms with Gasteiger partial charge in [0.25, 0.3) is 0 Å². The zero-order valence-corrected chi connectivity index (χ0v) is 23.0. The number of rotatable bonds is 4. The van der Waals surface area contributed by atoms with E-state index in [1.165, 1.54) is 12.6 Å². The van der Waals surface area contributed by atoms with Crippen LogP contribution >= 0.6 is 0 Å². The highest BCUT2D eigenvalue weighted by atomic mass is 16.5. The standard InChI is InChI=1S/C25H19NO3.C4H10O.CH5N.CH4O/c1-15-12-18-13-16(14-28)2-3-20(18)24(19(15)7-10-27)21-4-5-22-23-17(8-11-29-22)6-9-26-25(21)23;1-4(2,3)5;2*1-2/h2-6,9-10,12-14H,7-8,11H2,1H3;5H,1-3H3;2H2,1H3;2H,1H3. The van der Waals surface area contributed by atoms with Crippen molar-refractivity contribution in [2.45, 2.75) is 46.1 Å². The predicted molar refractivity (Wildman–Crippen MR) is 154 cm³/mol. The number of aldehydes is 2. The minimum absolute atomic E-state index is 0.325. The van der Waals surface area contributed by atoms with E-state index in [9.17, 15) is 9.59 Å². The fourth-order valence-electron chi connectivity index (χ4n) is 4.44. The molecular weight excluding hydrogens is 480 g/mol. The molecule has 2 heterocycles. The van der Waals surface area contributed by atoms with Crippen LogP contribution in [-0.2, 0) is 17.6 Å². The quantitative estimate of drug-likeness (QED) is 0.331. The summed E-state index contributed by atoms with van der Waals surface area (Å²) >= 11 is 0. The Hall–Kier alpha value is -3.65. The largest absolute Gasteiger partial charge is 0.493 e. The molecule has 0 unspecified atom stereocenters. The number of aliphatic hydroxyl groups excluding tert-OH is 1. The molecule has 38 heavy (non-hydrogen) atoms. The summed E-state index contributed by atoms with van der Waals surface area (Å²) in [5.74, 6) is 0.857. The van der Waals surface area contributed by atoms with Gasteiger partial charge in [0, 0.05) is 42.7 Å². The van der Waals surface area contributed by atoms with Crippen molar-refractivity contribution in [3.05, 3.63) is 70.9 Å². The van der Waals surface area contributed by atoms with E-state index in [0.29, 0.717) is 18.6 Å². The Balaban J connectivity index is 0.000000500.